The van der Waals surface area contributed by atoms with Crippen LogP contribution in [0.5, 0.6) is 0 Å². The Morgan fingerprint density at radius 3 is 2.13 bits per heavy atom. The molecule has 0 aliphatic carbocycles. The molecule has 0 bridgehead atoms. The Hall–Kier alpha value is -6.70. The number of hydrogen-bond donors (Lipinski definition) is 2. The van der Waals surface area contributed by atoms with Crippen LogP contribution in [0.25, 0.3) is 38.7 Å². The van der Waals surface area contributed by atoms with E-state index in [0.717, 1.165) is 75.5 Å². The van der Waals surface area contributed by atoms with Crippen molar-refractivity contribution >= 4 is 45.9 Å². The van der Waals surface area contributed by atoms with E-state index < -0.39 is 48.8 Å². The lowest BCUT2D eigenvalue weighted by Gasteiger charge is -2.29. The molecule has 5 aromatic rings. The molecule has 3 aliphatic rings. The van der Waals surface area contributed by atoms with Gasteiger partial charge in [0.2, 0.25) is 18.2 Å². The number of fused-ring (bicyclic) bond motifs is 1. The number of aromatic amines is 1. The second-order valence-corrected chi connectivity index (χ2v) is 15.9. The fourth-order valence-electron chi connectivity index (χ4n) is 8.93. The lowest BCUT2D eigenvalue weighted by Crippen LogP contribution is -2.49. The summed E-state index contributed by atoms with van der Waals surface area (Å²) in [5, 5.41) is 4.34. The van der Waals surface area contributed by atoms with Crippen LogP contribution in [0.2, 0.25) is 0 Å². The van der Waals surface area contributed by atoms with E-state index in [9.17, 15) is 28.0 Å². The number of benzene rings is 4. The number of carbonyl (C=O) groups excluding carboxylic acids is 4. The van der Waals surface area contributed by atoms with E-state index in [1.54, 1.807) is 6.20 Å². The molecule has 0 spiro atoms. The van der Waals surface area contributed by atoms with Gasteiger partial charge in [-0.25, -0.2) is 18.6 Å². The van der Waals surface area contributed by atoms with Crippen molar-refractivity contribution in [3.63, 3.8) is 0 Å². The van der Waals surface area contributed by atoms with Gasteiger partial charge in [0.15, 0.2) is 0 Å². The van der Waals surface area contributed by atoms with Gasteiger partial charge in [-0.2, -0.15) is 0 Å². The molecule has 0 saturated carbocycles. The zero-order valence-electron chi connectivity index (χ0n) is 34.6. The quantitative estimate of drug-likeness (QED) is 0.113. The smallest absolute Gasteiger partial charge is 0.407 e. The maximum atomic E-state index is 14.0. The summed E-state index contributed by atoms with van der Waals surface area (Å²) in [4.78, 5) is 67.7. The number of esters is 1. The highest BCUT2D eigenvalue weighted by Gasteiger charge is 2.39. The molecule has 3 amide bonds. The Balaban J connectivity index is 0.912. The highest BCUT2D eigenvalue weighted by atomic mass is 19.3. The number of alkyl carbamates (subject to hydrolysis) is 1. The number of aromatic nitrogens is 2. The zero-order valence-corrected chi connectivity index (χ0v) is 34.6. The molecule has 62 heavy (non-hydrogen) atoms. The molecule has 4 heterocycles. The first-order chi connectivity index (χ1) is 30.1. The SMILES string of the molecule is COC(=O)C[C@@H](C(=O)N1CCC[C@H]1C1=NC=C(c2ccc(-c3ccc4cc(-c5cnc([C@@H]6CCCN6C(=O)[C@H](CC(F)F)NC(=O)OC)[nH]5)ccc4c3)cc2)C1)c1ccccc1. The number of allylic oxidation sites excluding steroid dienone is 1. The van der Waals surface area contributed by atoms with Gasteiger partial charge in [0.1, 0.15) is 11.9 Å². The summed E-state index contributed by atoms with van der Waals surface area (Å²) in [6.07, 6.45) is 2.66. The van der Waals surface area contributed by atoms with Gasteiger partial charge in [-0.05, 0) is 76.4 Å². The number of aliphatic imine (C=N–C) groups is 1. The van der Waals surface area contributed by atoms with Gasteiger partial charge >= 0.3 is 12.1 Å². The monoisotopic (exact) mass is 842 g/mol. The molecule has 0 unspecified atom stereocenters. The van der Waals surface area contributed by atoms with Crippen LogP contribution in [0.1, 0.15) is 73.9 Å². The summed E-state index contributed by atoms with van der Waals surface area (Å²) < 4.78 is 36.2. The van der Waals surface area contributed by atoms with Crippen molar-refractivity contribution in [2.45, 2.75) is 75.4 Å². The van der Waals surface area contributed by atoms with Crippen molar-refractivity contribution in [3.8, 4) is 22.4 Å². The van der Waals surface area contributed by atoms with Crippen molar-refractivity contribution in [3.05, 3.63) is 120 Å². The first-order valence-electron chi connectivity index (χ1n) is 20.9. The first kappa shape index (κ1) is 42.0. The van der Waals surface area contributed by atoms with Crippen molar-refractivity contribution in [1.29, 1.82) is 0 Å². The van der Waals surface area contributed by atoms with Crippen molar-refractivity contribution in [1.82, 2.24) is 25.1 Å². The van der Waals surface area contributed by atoms with Crippen molar-refractivity contribution in [2.24, 2.45) is 4.99 Å². The van der Waals surface area contributed by atoms with E-state index in [0.29, 0.717) is 38.2 Å². The zero-order chi connectivity index (χ0) is 43.3. The van der Waals surface area contributed by atoms with Gasteiger partial charge in [0.05, 0.1) is 50.5 Å². The van der Waals surface area contributed by atoms with Crippen LogP contribution >= 0.6 is 0 Å². The van der Waals surface area contributed by atoms with Crippen molar-refractivity contribution < 1.29 is 37.4 Å². The van der Waals surface area contributed by atoms with Crippen LogP contribution < -0.4 is 5.32 Å². The minimum absolute atomic E-state index is 0.0147. The number of ether oxygens (including phenoxy) is 2. The molecule has 14 heteroatoms. The summed E-state index contributed by atoms with van der Waals surface area (Å²) in [5.74, 6) is -1.16. The molecule has 8 rings (SSSR count). The molecule has 0 radical (unpaired) electrons. The van der Waals surface area contributed by atoms with Gasteiger partial charge in [-0.3, -0.25) is 19.4 Å². The number of nitrogens with zero attached hydrogens (tertiary/aromatic N) is 4. The molecule has 1 aromatic heterocycles. The molecule has 2 fully saturated rings. The summed E-state index contributed by atoms with van der Waals surface area (Å²) in [5.41, 5.74) is 7.71. The second kappa shape index (κ2) is 18.5. The second-order valence-electron chi connectivity index (χ2n) is 15.9. The van der Waals surface area contributed by atoms with Crippen LogP contribution in [0, 0.1) is 0 Å². The predicted molar refractivity (Wildman–Crippen MR) is 231 cm³/mol. The third-order valence-corrected chi connectivity index (χ3v) is 12.2. The highest BCUT2D eigenvalue weighted by molar-refractivity contribution is 6.04. The van der Waals surface area contributed by atoms with E-state index in [1.807, 2.05) is 47.5 Å². The molecule has 320 valence electrons. The molecular weight excluding hydrogens is 795 g/mol. The maximum Gasteiger partial charge on any atom is 0.407 e. The molecular formula is C48H48F2N6O6. The van der Waals surface area contributed by atoms with Gasteiger partial charge < -0.3 is 29.6 Å². The van der Waals surface area contributed by atoms with Crippen LogP contribution in [0.3, 0.4) is 0 Å². The third kappa shape index (κ3) is 9.00. The number of methoxy groups -OCH3 is 2. The number of rotatable bonds is 13. The van der Waals surface area contributed by atoms with E-state index in [4.69, 9.17) is 9.73 Å². The summed E-state index contributed by atoms with van der Waals surface area (Å²) in [6.45, 7) is 0.975. The minimum Gasteiger partial charge on any atom is -0.469 e. The standard InChI is InChI=1S/C48H48F2N6O6/c1-61-44(57)25-37(31-8-4-3-5-9-31)46(58)55-20-6-10-41(55)38-24-36(27-51-38)30-14-12-29(13-15-30)32-16-17-34-23-35(19-18-33(34)22-32)40-28-52-45(53-40)42-11-7-21-56(42)47(59)39(26-43(49)50)54-48(60)62-2/h3-5,8-9,12-19,22-23,27-28,37,39,41-43H,6-7,10-11,20-21,24-26H2,1-2H3,(H,52,53)(H,54,60)/t37-,39+,41+,42+/m1/s1. The van der Waals surface area contributed by atoms with Gasteiger partial charge in [0, 0.05) is 43.4 Å². The van der Waals surface area contributed by atoms with Crippen LogP contribution in [0.15, 0.2) is 108 Å². The highest BCUT2D eigenvalue weighted by Crippen LogP contribution is 2.36. The fraction of sp³-hybridized carbons (Fsp3) is 0.333. The summed E-state index contributed by atoms with van der Waals surface area (Å²) >= 11 is 0. The molecule has 12 nitrogen and oxygen atoms in total. The number of H-pyrrole nitrogens is 1. The van der Waals surface area contributed by atoms with E-state index >= 15 is 0 Å². The van der Waals surface area contributed by atoms with Gasteiger partial charge in [0.25, 0.3) is 0 Å². The van der Waals surface area contributed by atoms with E-state index in [-0.39, 0.29) is 18.4 Å². The Labute approximate surface area is 358 Å². The number of hydrogen-bond acceptors (Lipinski definition) is 8. The largest absolute Gasteiger partial charge is 0.469 e. The first-order valence-corrected chi connectivity index (χ1v) is 20.9. The van der Waals surface area contributed by atoms with Crippen LogP contribution in [0.4, 0.5) is 13.6 Å². The maximum absolute atomic E-state index is 14.0. The van der Waals surface area contributed by atoms with Crippen LogP contribution in [-0.2, 0) is 23.9 Å². The normalized spacial score (nSPS) is 18.4. The lowest BCUT2D eigenvalue weighted by molar-refractivity contribution is -0.144. The summed E-state index contributed by atoms with van der Waals surface area (Å²) in [7, 11) is 2.46. The Morgan fingerprint density at radius 1 is 0.790 bits per heavy atom. The number of carbonyl (C=O) groups is 4. The van der Waals surface area contributed by atoms with E-state index in [2.05, 4.69) is 74.6 Å². The molecule has 3 aliphatic heterocycles. The predicted octanol–water partition coefficient (Wildman–Crippen LogP) is 8.46. The Morgan fingerprint density at radius 2 is 1.44 bits per heavy atom. The van der Waals surface area contributed by atoms with Gasteiger partial charge in [-0.15, -0.1) is 0 Å². The van der Waals surface area contributed by atoms with Crippen LogP contribution in [-0.4, -0.2) is 95.2 Å². The number of alkyl halides is 2. The average Bonchev–Trinajstić information content (AvgIpc) is 4.15. The average molecular weight is 843 g/mol. The molecule has 2 saturated heterocycles. The third-order valence-electron chi connectivity index (χ3n) is 12.2. The lowest BCUT2D eigenvalue weighted by atomic mass is 9.92. The number of amides is 3. The number of halogens is 2. The number of nitrogens with one attached hydrogen (secondary N) is 2. The topological polar surface area (TPSA) is 146 Å². The molecule has 4 atom stereocenters. The number of imidazole rings is 1. The Bertz CT molecular complexity index is 2520. The van der Waals surface area contributed by atoms with Gasteiger partial charge in [-0.1, -0.05) is 78.9 Å². The molecule has 2 N–H and O–H groups in total. The number of likely N-dealkylation sites (tertiary alicyclic amines) is 2. The fourth-order valence-corrected chi connectivity index (χ4v) is 8.93. The summed E-state index contributed by atoms with van der Waals surface area (Å²) in [6, 6.07) is 28.3. The molecule has 4 aromatic carbocycles. The Kier molecular flexibility index (Phi) is 12.5. The van der Waals surface area contributed by atoms with Crippen molar-refractivity contribution in [2.75, 3.05) is 27.3 Å². The minimum atomic E-state index is -2.79. The van der Waals surface area contributed by atoms with E-state index in [1.165, 1.54) is 12.0 Å².